The van der Waals surface area contributed by atoms with Gasteiger partial charge in [-0.3, -0.25) is 9.78 Å². The molecule has 7 rings (SSSR count). The highest BCUT2D eigenvalue weighted by Crippen LogP contribution is 2.49. The van der Waals surface area contributed by atoms with Crippen LogP contribution in [-0.4, -0.2) is 60.8 Å². The Balaban J connectivity index is 1.21. The number of nitrogens with zero attached hydrogens (tertiary/aromatic N) is 4. The van der Waals surface area contributed by atoms with Gasteiger partial charge in [-0.25, -0.2) is 4.98 Å². The Kier molecular flexibility index (Phi) is 5.98. The first-order valence-electron chi connectivity index (χ1n) is 13.7. The summed E-state index contributed by atoms with van der Waals surface area (Å²) < 4.78 is 8.21. The van der Waals surface area contributed by atoms with Gasteiger partial charge in [-0.05, 0) is 104 Å². The lowest BCUT2D eigenvalue weighted by molar-refractivity contribution is 0.0562. The predicted octanol–water partition coefficient (Wildman–Crippen LogP) is 4.85. The van der Waals surface area contributed by atoms with E-state index in [0.29, 0.717) is 17.4 Å². The Labute approximate surface area is 236 Å². The second-order valence-electron chi connectivity index (χ2n) is 11.1. The van der Waals surface area contributed by atoms with Gasteiger partial charge >= 0.3 is 0 Å². The van der Waals surface area contributed by atoms with Crippen LogP contribution in [0.25, 0.3) is 27.7 Å². The van der Waals surface area contributed by atoms with Gasteiger partial charge in [0.15, 0.2) is 0 Å². The van der Waals surface area contributed by atoms with Gasteiger partial charge in [0, 0.05) is 41.8 Å². The van der Waals surface area contributed by atoms with Crippen molar-refractivity contribution in [3.05, 3.63) is 96.1 Å². The van der Waals surface area contributed by atoms with Crippen molar-refractivity contribution in [2.45, 2.75) is 43.5 Å². The molecule has 0 spiro atoms. The van der Waals surface area contributed by atoms with Gasteiger partial charge in [-0.2, -0.15) is 0 Å². The van der Waals surface area contributed by atoms with Crippen LogP contribution in [0.3, 0.4) is 0 Å². The Hall–Kier alpha value is -4.01. The minimum atomic E-state index is -0.441. The first-order valence-corrected chi connectivity index (χ1v) is 14.3. The molecule has 0 bridgehead atoms. The van der Waals surface area contributed by atoms with Gasteiger partial charge < -0.3 is 19.4 Å². The number of likely N-dealkylation sites (N-methyl/N-ethyl adjacent to an activating group) is 1. The number of nitrogens with one attached hydrogen (secondary N) is 1. The van der Waals surface area contributed by atoms with Gasteiger partial charge in [0.1, 0.15) is 11.4 Å². The van der Waals surface area contributed by atoms with Crippen LogP contribution in [0.15, 0.2) is 79.4 Å². The van der Waals surface area contributed by atoms with E-state index in [1.807, 2.05) is 54.0 Å². The first-order chi connectivity index (χ1) is 19.4. The fourth-order valence-electron chi connectivity index (χ4n) is 5.77. The maximum absolute atomic E-state index is 13.8. The Bertz CT molecular complexity index is 1760. The SMILES string of the molecule is Cc1ccc(OC([Si])[C@@H]2CCN2C)cc1C(=O)NC1(c2cc(-c3ccc4nccn4c3)cc3ncccc23)CC1. The highest BCUT2D eigenvalue weighted by Gasteiger charge is 2.47. The molecular formula is C32H30N5O2Si. The number of carbonyl (C=O) groups is 1. The van der Waals surface area contributed by atoms with Crippen LogP contribution in [0.2, 0.25) is 0 Å². The molecule has 1 saturated heterocycles. The standard InChI is InChI=1S/C32H30N5O2Si/c1-20-5-7-23(39-31(40)28-9-14-36(28)2)18-25(20)30(38)35-32(10-11-32)26-16-22(17-27-24(26)4-3-12-33-27)21-6-8-29-34-13-15-37(29)19-21/h3-8,12-13,15-19,28,31H,9-11,14H2,1-2H3,(H,35,38)/t28-,31?/m0/s1. The zero-order valence-electron chi connectivity index (χ0n) is 22.6. The van der Waals surface area contributed by atoms with Crippen LogP contribution < -0.4 is 10.1 Å². The molecule has 199 valence electrons. The highest BCUT2D eigenvalue weighted by molar-refractivity contribution is 6.11. The Morgan fingerprint density at radius 1 is 1.10 bits per heavy atom. The first kappa shape index (κ1) is 25.0. The topological polar surface area (TPSA) is 71.8 Å². The molecule has 1 unspecified atom stereocenters. The van der Waals surface area contributed by atoms with Crippen molar-refractivity contribution in [2.75, 3.05) is 13.6 Å². The average molecular weight is 545 g/mol. The van der Waals surface area contributed by atoms with Crippen LogP contribution in [0.1, 0.15) is 40.7 Å². The molecule has 1 saturated carbocycles. The summed E-state index contributed by atoms with van der Waals surface area (Å²) in [7, 11) is 5.84. The molecular weight excluding hydrogens is 514 g/mol. The third kappa shape index (κ3) is 4.37. The number of fused-ring (bicyclic) bond motifs is 2. The van der Waals surface area contributed by atoms with Gasteiger partial charge in [-0.15, -0.1) is 0 Å². The second-order valence-corrected chi connectivity index (χ2v) is 11.7. The number of likely N-dealkylation sites (tertiary alicyclic amines) is 1. The zero-order chi connectivity index (χ0) is 27.4. The van der Waals surface area contributed by atoms with E-state index in [9.17, 15) is 4.79 Å². The zero-order valence-corrected chi connectivity index (χ0v) is 23.6. The molecule has 5 aromatic rings. The number of amides is 1. The summed E-state index contributed by atoms with van der Waals surface area (Å²) in [6.07, 6.45) is 10.5. The number of rotatable bonds is 7. The van der Waals surface area contributed by atoms with Crippen LogP contribution in [0, 0.1) is 6.92 Å². The van der Waals surface area contributed by atoms with Crippen molar-refractivity contribution in [1.29, 1.82) is 0 Å². The minimum absolute atomic E-state index is 0.0889. The minimum Gasteiger partial charge on any atom is -0.493 e. The highest BCUT2D eigenvalue weighted by atomic mass is 28.1. The molecule has 40 heavy (non-hydrogen) atoms. The molecule has 3 radical (unpaired) electrons. The number of pyridine rings is 2. The number of imidazole rings is 1. The van der Waals surface area contributed by atoms with Crippen molar-refractivity contribution >= 4 is 32.7 Å². The summed E-state index contributed by atoms with van der Waals surface area (Å²) in [6, 6.07) is 18.6. The molecule has 3 aromatic heterocycles. The predicted molar refractivity (Wildman–Crippen MR) is 157 cm³/mol. The van der Waals surface area contributed by atoms with E-state index >= 15 is 0 Å². The maximum Gasteiger partial charge on any atom is 0.252 e. The largest absolute Gasteiger partial charge is 0.493 e. The molecule has 7 nitrogen and oxygen atoms in total. The fraction of sp³-hybridized carbons (Fsp3) is 0.281. The monoisotopic (exact) mass is 544 g/mol. The molecule has 1 aliphatic carbocycles. The van der Waals surface area contributed by atoms with Gasteiger partial charge in [0.2, 0.25) is 0 Å². The normalized spacial score (nSPS) is 18.8. The summed E-state index contributed by atoms with van der Waals surface area (Å²) in [6.45, 7) is 3.04. The van der Waals surface area contributed by atoms with E-state index in [1.165, 1.54) is 0 Å². The molecule has 4 heterocycles. The molecule has 2 aliphatic rings. The quantitative estimate of drug-likeness (QED) is 0.297. The number of aromatic nitrogens is 3. The molecule has 2 atom stereocenters. The Morgan fingerprint density at radius 2 is 1.98 bits per heavy atom. The maximum atomic E-state index is 13.8. The van der Waals surface area contributed by atoms with Gasteiger partial charge in [0.25, 0.3) is 5.91 Å². The average Bonchev–Trinajstić information content (AvgIpc) is 3.57. The summed E-state index contributed by atoms with van der Waals surface area (Å²) >= 11 is 0. The van der Waals surface area contributed by atoms with Crippen molar-refractivity contribution in [1.82, 2.24) is 24.6 Å². The number of carbonyl (C=O) groups excluding carboxylic acids is 1. The third-order valence-electron chi connectivity index (χ3n) is 8.47. The molecule has 1 amide bonds. The van der Waals surface area contributed by atoms with Crippen LogP contribution in [0.5, 0.6) is 5.75 Å². The van der Waals surface area contributed by atoms with Crippen molar-refractivity contribution in [3.8, 4) is 16.9 Å². The Morgan fingerprint density at radius 3 is 2.75 bits per heavy atom. The summed E-state index contributed by atoms with van der Waals surface area (Å²) in [4.78, 5) is 25.1. The smallest absolute Gasteiger partial charge is 0.252 e. The van der Waals surface area contributed by atoms with Crippen LogP contribution in [-0.2, 0) is 5.54 Å². The van der Waals surface area contributed by atoms with E-state index in [4.69, 9.17) is 4.74 Å². The lowest BCUT2D eigenvalue weighted by Crippen LogP contribution is -2.53. The third-order valence-corrected chi connectivity index (χ3v) is 8.97. The van der Waals surface area contributed by atoms with Crippen molar-refractivity contribution in [3.63, 3.8) is 0 Å². The van der Waals surface area contributed by atoms with Crippen molar-refractivity contribution < 1.29 is 9.53 Å². The molecule has 2 aromatic carbocycles. The lowest BCUT2D eigenvalue weighted by Gasteiger charge is -2.41. The van der Waals surface area contributed by atoms with E-state index in [0.717, 1.165) is 64.6 Å². The van der Waals surface area contributed by atoms with Crippen LogP contribution >= 0.6 is 0 Å². The fourth-order valence-corrected chi connectivity index (χ4v) is 6.33. The molecule has 2 fully saturated rings. The summed E-state index contributed by atoms with van der Waals surface area (Å²) in [5.41, 5.74) is 6.04. The van der Waals surface area contributed by atoms with Gasteiger partial charge in [0.05, 0.1) is 27.0 Å². The van der Waals surface area contributed by atoms with E-state index in [2.05, 4.69) is 67.9 Å². The number of ether oxygens (including phenoxy) is 1. The summed E-state index contributed by atoms with van der Waals surface area (Å²) in [5.74, 6) is 0.599. The number of hydrogen-bond donors (Lipinski definition) is 1. The number of benzene rings is 2. The van der Waals surface area contributed by atoms with Crippen molar-refractivity contribution in [2.24, 2.45) is 0 Å². The van der Waals surface area contributed by atoms with E-state index in [-0.39, 0.29) is 11.6 Å². The molecule has 8 heteroatoms. The molecule has 1 aliphatic heterocycles. The summed E-state index contributed by atoms with van der Waals surface area (Å²) in [5, 5.41) is 4.47. The van der Waals surface area contributed by atoms with E-state index < -0.39 is 5.54 Å². The number of hydrogen-bond acceptors (Lipinski definition) is 5. The molecule has 1 N–H and O–H groups in total. The van der Waals surface area contributed by atoms with Gasteiger partial charge in [-0.1, -0.05) is 12.1 Å². The van der Waals surface area contributed by atoms with Crippen LogP contribution in [0.4, 0.5) is 0 Å². The lowest BCUT2D eigenvalue weighted by atomic mass is 9.93. The number of aryl methyl sites for hydroxylation is 1. The second kappa shape index (κ2) is 9.57. The van der Waals surface area contributed by atoms with E-state index in [1.54, 1.807) is 6.20 Å².